The van der Waals surface area contributed by atoms with Gasteiger partial charge in [-0.05, 0) is 36.8 Å². The Bertz CT molecular complexity index is 980. The van der Waals surface area contributed by atoms with Gasteiger partial charge in [-0.15, -0.1) is 0 Å². The van der Waals surface area contributed by atoms with E-state index in [1.54, 1.807) is 41.3 Å². The molecule has 0 radical (unpaired) electrons. The average molecular weight is 367 g/mol. The minimum Gasteiger partial charge on any atom is -0.328 e. The van der Waals surface area contributed by atoms with Crippen LogP contribution in [0.2, 0.25) is 5.02 Å². The van der Waals surface area contributed by atoms with E-state index in [9.17, 15) is 4.79 Å². The fourth-order valence-corrected chi connectivity index (χ4v) is 3.10. The van der Waals surface area contributed by atoms with Crippen molar-refractivity contribution in [2.24, 2.45) is 0 Å². The topological polar surface area (TPSA) is 84.7 Å². The Morgan fingerprint density at radius 3 is 2.81 bits per heavy atom. The van der Waals surface area contributed by atoms with E-state index in [0.717, 1.165) is 5.56 Å². The van der Waals surface area contributed by atoms with Gasteiger partial charge in [0.05, 0.1) is 17.5 Å². The van der Waals surface area contributed by atoms with Gasteiger partial charge in [0, 0.05) is 16.9 Å². The number of amides is 1. The highest BCUT2D eigenvalue weighted by molar-refractivity contribution is 6.30. The second-order valence-corrected chi connectivity index (χ2v) is 6.28. The van der Waals surface area contributed by atoms with Gasteiger partial charge in [-0.3, -0.25) is 9.78 Å². The van der Waals surface area contributed by atoms with Crippen LogP contribution < -0.4 is 10.6 Å². The molecule has 0 bridgehead atoms. The van der Waals surface area contributed by atoms with E-state index in [0.29, 0.717) is 27.9 Å². The third-order valence-electron chi connectivity index (χ3n) is 4.14. The van der Waals surface area contributed by atoms with Crippen LogP contribution in [0.25, 0.3) is 0 Å². The van der Waals surface area contributed by atoms with E-state index in [1.165, 1.54) is 6.33 Å². The minimum absolute atomic E-state index is 0.232. The molecule has 1 atom stereocenters. The number of hydrogen-bond donors (Lipinski definition) is 2. The normalized spacial score (nSPS) is 16.0. The lowest BCUT2D eigenvalue weighted by Gasteiger charge is -2.28. The van der Waals surface area contributed by atoms with Gasteiger partial charge < -0.3 is 10.6 Å². The summed E-state index contributed by atoms with van der Waals surface area (Å²) >= 11 is 6.02. The summed E-state index contributed by atoms with van der Waals surface area (Å²) in [6.07, 6.45) is 4.71. The molecular weight excluding hydrogens is 352 g/mol. The lowest BCUT2D eigenvalue weighted by molar-refractivity contribution is -0.113. The van der Waals surface area contributed by atoms with Gasteiger partial charge in [-0.1, -0.05) is 23.7 Å². The fraction of sp³-hybridized carbons (Fsp3) is 0.111. The Labute approximate surface area is 154 Å². The first-order valence-electron chi connectivity index (χ1n) is 7.97. The highest BCUT2D eigenvalue weighted by Crippen LogP contribution is 2.35. The zero-order valence-corrected chi connectivity index (χ0v) is 14.6. The minimum atomic E-state index is -0.414. The molecule has 3 aromatic rings. The number of nitrogens with zero attached hydrogens (tertiary/aromatic N) is 4. The first kappa shape index (κ1) is 16.3. The molecule has 130 valence electrons. The molecule has 0 saturated heterocycles. The first-order valence-corrected chi connectivity index (χ1v) is 8.35. The van der Waals surface area contributed by atoms with Gasteiger partial charge in [0.15, 0.2) is 0 Å². The van der Waals surface area contributed by atoms with Crippen LogP contribution in [-0.2, 0) is 4.79 Å². The number of fused-ring (bicyclic) bond motifs is 1. The molecule has 8 heteroatoms. The van der Waals surface area contributed by atoms with Crippen LogP contribution in [-0.4, -0.2) is 25.7 Å². The maximum Gasteiger partial charge on any atom is 0.255 e. The molecule has 0 spiro atoms. The highest BCUT2D eigenvalue weighted by atomic mass is 35.5. The molecule has 1 amide bonds. The second kappa shape index (κ2) is 6.61. The Morgan fingerprint density at radius 2 is 2.08 bits per heavy atom. The van der Waals surface area contributed by atoms with Crippen molar-refractivity contribution in [1.29, 1.82) is 0 Å². The first-order chi connectivity index (χ1) is 12.6. The number of hydrogen-bond acceptors (Lipinski definition) is 5. The number of anilines is 2. The predicted molar refractivity (Wildman–Crippen MR) is 98.8 cm³/mol. The van der Waals surface area contributed by atoms with E-state index in [-0.39, 0.29) is 5.91 Å². The molecule has 4 rings (SSSR count). The summed E-state index contributed by atoms with van der Waals surface area (Å²) in [5, 5.41) is 10.9. The van der Waals surface area contributed by atoms with Gasteiger partial charge in [-0.2, -0.15) is 10.1 Å². The van der Waals surface area contributed by atoms with Gasteiger partial charge in [-0.25, -0.2) is 4.68 Å². The lowest BCUT2D eigenvalue weighted by Crippen LogP contribution is -2.31. The summed E-state index contributed by atoms with van der Waals surface area (Å²) in [4.78, 5) is 21.3. The third-order valence-corrected chi connectivity index (χ3v) is 4.40. The van der Waals surface area contributed by atoms with Crippen molar-refractivity contribution in [3.05, 3.63) is 77.0 Å². The molecule has 7 nitrogen and oxygen atoms in total. The Kier molecular flexibility index (Phi) is 4.14. The number of carbonyl (C=O) groups is 1. The maximum absolute atomic E-state index is 13.0. The number of benzene rings is 1. The Balaban J connectivity index is 1.77. The maximum atomic E-state index is 13.0. The Morgan fingerprint density at radius 1 is 1.27 bits per heavy atom. The molecule has 1 aliphatic heterocycles. The van der Waals surface area contributed by atoms with Crippen LogP contribution >= 0.6 is 11.6 Å². The zero-order valence-electron chi connectivity index (χ0n) is 13.8. The molecule has 0 fully saturated rings. The molecular formula is C18H15ClN6O. The summed E-state index contributed by atoms with van der Waals surface area (Å²) in [6, 6.07) is 10.5. The predicted octanol–water partition coefficient (Wildman–Crippen LogP) is 3.25. The van der Waals surface area contributed by atoms with E-state index in [2.05, 4.69) is 25.7 Å². The Hall–Kier alpha value is -3.19. The molecule has 0 unspecified atom stereocenters. The highest BCUT2D eigenvalue weighted by Gasteiger charge is 2.33. The molecule has 1 aromatic carbocycles. The van der Waals surface area contributed by atoms with Crippen molar-refractivity contribution in [2.75, 3.05) is 10.6 Å². The number of nitrogens with one attached hydrogen (secondary N) is 2. The summed E-state index contributed by atoms with van der Waals surface area (Å²) in [5.41, 5.74) is 2.77. The molecule has 0 saturated carbocycles. The van der Waals surface area contributed by atoms with Crippen molar-refractivity contribution >= 4 is 29.1 Å². The summed E-state index contributed by atoms with van der Waals surface area (Å²) in [6.45, 7) is 1.85. The molecule has 2 N–H and O–H groups in total. The number of aromatic nitrogens is 4. The molecule has 26 heavy (non-hydrogen) atoms. The number of rotatable bonds is 3. The smallest absolute Gasteiger partial charge is 0.255 e. The summed E-state index contributed by atoms with van der Waals surface area (Å²) in [7, 11) is 0. The van der Waals surface area contributed by atoms with E-state index < -0.39 is 6.04 Å². The molecule has 1 aliphatic rings. The van der Waals surface area contributed by atoms with Gasteiger partial charge in [0.2, 0.25) is 5.95 Å². The van der Waals surface area contributed by atoms with Gasteiger partial charge >= 0.3 is 0 Å². The number of pyridine rings is 1. The lowest BCUT2D eigenvalue weighted by atomic mass is 9.95. The SMILES string of the molecule is CC1=C(C(=O)Nc2cccnc2)[C@@H](c2ccc(Cl)cc2)n2ncnc2N1. The third kappa shape index (κ3) is 2.93. The van der Waals surface area contributed by atoms with Crippen LogP contribution in [0.15, 0.2) is 66.4 Å². The van der Waals surface area contributed by atoms with Crippen molar-refractivity contribution in [3.8, 4) is 0 Å². The van der Waals surface area contributed by atoms with Crippen LogP contribution in [0.3, 0.4) is 0 Å². The second-order valence-electron chi connectivity index (χ2n) is 5.84. The monoisotopic (exact) mass is 366 g/mol. The van der Waals surface area contributed by atoms with Crippen molar-refractivity contribution in [2.45, 2.75) is 13.0 Å². The van der Waals surface area contributed by atoms with Crippen molar-refractivity contribution in [1.82, 2.24) is 19.7 Å². The van der Waals surface area contributed by atoms with Gasteiger partial charge in [0.25, 0.3) is 5.91 Å². The fourth-order valence-electron chi connectivity index (χ4n) is 2.97. The molecule has 2 aromatic heterocycles. The van der Waals surface area contributed by atoms with Crippen molar-refractivity contribution < 1.29 is 4.79 Å². The standard InChI is InChI=1S/C18H15ClN6O/c1-11-15(17(26)24-14-3-2-8-20-9-14)16(12-4-6-13(19)7-5-12)25-18(23-11)21-10-22-25/h2-10,16H,1H3,(H,24,26)(H,21,22,23)/t16-/m1/s1. The van der Waals surface area contributed by atoms with Crippen LogP contribution in [0, 0.1) is 0 Å². The zero-order chi connectivity index (χ0) is 18.1. The largest absolute Gasteiger partial charge is 0.328 e. The van der Waals surface area contributed by atoms with Crippen molar-refractivity contribution in [3.63, 3.8) is 0 Å². The van der Waals surface area contributed by atoms with E-state index >= 15 is 0 Å². The van der Waals surface area contributed by atoms with E-state index in [4.69, 9.17) is 11.6 Å². The molecule has 3 heterocycles. The van der Waals surface area contributed by atoms with Crippen LogP contribution in [0.4, 0.5) is 11.6 Å². The average Bonchev–Trinajstić information content (AvgIpc) is 3.10. The number of carbonyl (C=O) groups excluding carboxylic acids is 1. The molecule has 0 aliphatic carbocycles. The quantitative estimate of drug-likeness (QED) is 0.743. The van der Waals surface area contributed by atoms with Crippen LogP contribution in [0.5, 0.6) is 0 Å². The van der Waals surface area contributed by atoms with Gasteiger partial charge in [0.1, 0.15) is 12.4 Å². The summed E-state index contributed by atoms with van der Waals surface area (Å²) in [5.74, 6) is 0.351. The summed E-state index contributed by atoms with van der Waals surface area (Å²) < 4.78 is 1.69. The number of halogens is 1. The van der Waals surface area contributed by atoms with E-state index in [1.807, 2.05) is 19.1 Å². The van der Waals surface area contributed by atoms with Crippen LogP contribution in [0.1, 0.15) is 18.5 Å². The number of allylic oxidation sites excluding steroid dienone is 1.